The van der Waals surface area contributed by atoms with E-state index in [0.29, 0.717) is 49.4 Å². The van der Waals surface area contributed by atoms with E-state index in [2.05, 4.69) is 20.6 Å². The molecule has 0 aliphatic carbocycles. The maximum absolute atomic E-state index is 13.1. The Kier molecular flexibility index (Phi) is 5.96. The number of anilines is 2. The minimum atomic E-state index is -0.741. The smallest absolute Gasteiger partial charge is 0.264 e. The van der Waals surface area contributed by atoms with E-state index in [1.165, 1.54) is 11.6 Å². The van der Waals surface area contributed by atoms with Gasteiger partial charge in [0.15, 0.2) is 11.5 Å². The van der Waals surface area contributed by atoms with Crippen LogP contribution < -0.4 is 25.7 Å². The number of nitrogens with zero attached hydrogens (tertiary/aromatic N) is 3. The van der Waals surface area contributed by atoms with E-state index < -0.39 is 6.10 Å². The molecule has 1 aliphatic heterocycles. The summed E-state index contributed by atoms with van der Waals surface area (Å²) in [7, 11) is 3.16. The molecule has 35 heavy (non-hydrogen) atoms. The Morgan fingerprint density at radius 3 is 2.66 bits per heavy atom. The Morgan fingerprint density at radius 1 is 1.14 bits per heavy atom. The van der Waals surface area contributed by atoms with Gasteiger partial charge in [0.2, 0.25) is 12.1 Å². The van der Waals surface area contributed by atoms with Gasteiger partial charge in [-0.05, 0) is 30.3 Å². The van der Waals surface area contributed by atoms with Crippen LogP contribution in [0.5, 0.6) is 11.5 Å². The second-order valence-electron chi connectivity index (χ2n) is 7.81. The largest absolute Gasteiger partial charge is 0.485 e. The summed E-state index contributed by atoms with van der Waals surface area (Å²) in [5.74, 6) is 0.952. The van der Waals surface area contributed by atoms with Crippen molar-refractivity contribution in [3.63, 3.8) is 0 Å². The van der Waals surface area contributed by atoms with E-state index in [-0.39, 0.29) is 24.0 Å². The molecule has 0 radical (unpaired) electrons. The van der Waals surface area contributed by atoms with Gasteiger partial charge in [0.25, 0.3) is 11.5 Å². The van der Waals surface area contributed by atoms with Crippen molar-refractivity contribution in [3.8, 4) is 22.6 Å². The van der Waals surface area contributed by atoms with Crippen LogP contribution in [-0.2, 0) is 11.8 Å². The predicted octanol–water partition coefficient (Wildman–Crippen LogP) is 3.93. The number of hydrogen-bond acceptors (Lipinski definition) is 7. The summed E-state index contributed by atoms with van der Waals surface area (Å²) in [5, 5.41) is 7.04. The lowest BCUT2D eigenvalue weighted by molar-refractivity contribution is -0.129. The summed E-state index contributed by atoms with van der Waals surface area (Å²) in [4.78, 5) is 33.9. The minimum absolute atomic E-state index is 0.128. The highest BCUT2D eigenvalue weighted by Crippen LogP contribution is 2.36. The third-order valence-electron chi connectivity index (χ3n) is 5.58. The van der Waals surface area contributed by atoms with Gasteiger partial charge in [-0.1, -0.05) is 29.3 Å². The van der Waals surface area contributed by atoms with E-state index in [1.54, 1.807) is 55.7 Å². The number of aromatic nitrogens is 3. The number of aryl methyl sites for hydroxylation is 1. The number of hydrogen-bond donors (Lipinski definition) is 2. The lowest BCUT2D eigenvalue weighted by atomic mass is 10.1. The molecule has 5 rings (SSSR count). The Balaban J connectivity index is 1.48. The van der Waals surface area contributed by atoms with Crippen LogP contribution in [-0.4, -0.2) is 40.2 Å². The molecule has 0 saturated carbocycles. The van der Waals surface area contributed by atoms with E-state index in [1.807, 2.05) is 0 Å². The maximum Gasteiger partial charge on any atom is 0.264 e. The van der Waals surface area contributed by atoms with Gasteiger partial charge in [0.05, 0.1) is 15.6 Å². The first-order chi connectivity index (χ1) is 16.9. The standard InChI is InChI=1S/C24H19Cl2N5O4/c1-27-22(32)19-11-34-17-7-6-13(9-18(17)35-19)29-24-28-10-12-8-14(23(33)31(2)21(12)30-24)20-15(25)4-3-5-16(20)26/h3-10,19H,11H2,1-2H3,(H,27,32)(H,28,29,30). The molecule has 1 unspecified atom stereocenters. The lowest BCUT2D eigenvalue weighted by Gasteiger charge is -2.25. The van der Waals surface area contributed by atoms with Crippen molar-refractivity contribution >= 4 is 51.8 Å². The number of ether oxygens (including phenoxy) is 2. The van der Waals surface area contributed by atoms with E-state index in [4.69, 9.17) is 32.7 Å². The average molecular weight is 512 g/mol. The van der Waals surface area contributed by atoms with Gasteiger partial charge in [0.1, 0.15) is 12.3 Å². The maximum atomic E-state index is 13.1. The molecule has 178 valence electrons. The van der Waals surface area contributed by atoms with E-state index in [9.17, 15) is 9.59 Å². The zero-order chi connectivity index (χ0) is 24.7. The van der Waals surface area contributed by atoms with Crippen LogP contribution in [0.4, 0.5) is 11.6 Å². The monoisotopic (exact) mass is 511 g/mol. The van der Waals surface area contributed by atoms with Crippen molar-refractivity contribution in [2.45, 2.75) is 6.10 Å². The van der Waals surface area contributed by atoms with Gasteiger partial charge in [-0.25, -0.2) is 4.98 Å². The first-order valence-electron chi connectivity index (χ1n) is 10.6. The number of nitrogens with one attached hydrogen (secondary N) is 2. The topological polar surface area (TPSA) is 107 Å². The Bertz CT molecular complexity index is 1520. The van der Waals surface area contributed by atoms with Gasteiger partial charge >= 0.3 is 0 Å². The van der Waals surface area contributed by atoms with Crippen molar-refractivity contribution in [1.82, 2.24) is 19.9 Å². The Morgan fingerprint density at radius 2 is 1.91 bits per heavy atom. The average Bonchev–Trinajstić information content (AvgIpc) is 2.86. The molecule has 1 aliphatic rings. The fourth-order valence-electron chi connectivity index (χ4n) is 3.81. The Hall–Kier alpha value is -3.82. The molecule has 9 nitrogen and oxygen atoms in total. The predicted molar refractivity (Wildman–Crippen MR) is 134 cm³/mol. The summed E-state index contributed by atoms with van der Waals surface area (Å²) in [6.07, 6.45) is 0.868. The second-order valence-corrected chi connectivity index (χ2v) is 8.62. The number of halogens is 2. The minimum Gasteiger partial charge on any atom is -0.485 e. The number of carbonyl (C=O) groups excluding carboxylic acids is 1. The van der Waals surface area contributed by atoms with Gasteiger partial charge < -0.3 is 20.1 Å². The van der Waals surface area contributed by atoms with Crippen LogP contribution in [0.15, 0.2) is 53.5 Å². The molecular formula is C24H19Cl2N5O4. The molecule has 3 heterocycles. The van der Waals surface area contributed by atoms with Crippen LogP contribution in [0.1, 0.15) is 0 Å². The molecule has 0 bridgehead atoms. The quantitative estimate of drug-likeness (QED) is 0.427. The third-order valence-corrected chi connectivity index (χ3v) is 6.21. The molecule has 1 amide bonds. The van der Waals surface area contributed by atoms with E-state index in [0.717, 1.165) is 0 Å². The molecule has 11 heteroatoms. The van der Waals surface area contributed by atoms with E-state index >= 15 is 0 Å². The van der Waals surface area contributed by atoms with Gasteiger partial charge in [-0.3, -0.25) is 14.2 Å². The zero-order valence-electron chi connectivity index (χ0n) is 18.6. The van der Waals surface area contributed by atoms with Gasteiger partial charge in [-0.15, -0.1) is 0 Å². The van der Waals surface area contributed by atoms with Crippen LogP contribution in [0.25, 0.3) is 22.2 Å². The van der Waals surface area contributed by atoms with Crippen molar-refractivity contribution in [2.75, 3.05) is 19.0 Å². The first-order valence-corrected chi connectivity index (χ1v) is 11.3. The number of likely N-dealkylation sites (N-methyl/N-ethyl adjacent to an activating group) is 1. The van der Waals surface area contributed by atoms with Gasteiger partial charge in [0, 0.05) is 43.0 Å². The highest BCUT2D eigenvalue weighted by molar-refractivity contribution is 6.39. The van der Waals surface area contributed by atoms with Crippen LogP contribution >= 0.6 is 23.2 Å². The highest BCUT2D eigenvalue weighted by atomic mass is 35.5. The van der Waals surface area contributed by atoms with Crippen LogP contribution in [0.3, 0.4) is 0 Å². The zero-order valence-corrected chi connectivity index (χ0v) is 20.1. The molecule has 1 atom stereocenters. The van der Waals surface area contributed by atoms with Crippen molar-refractivity contribution in [1.29, 1.82) is 0 Å². The summed E-state index contributed by atoms with van der Waals surface area (Å²) >= 11 is 12.6. The molecule has 2 N–H and O–H groups in total. The SMILES string of the molecule is CNC(=O)C1COc2ccc(Nc3ncc4cc(-c5c(Cl)cccc5Cl)c(=O)n(C)c4n3)cc2O1. The molecule has 0 fully saturated rings. The van der Waals surface area contributed by atoms with Crippen molar-refractivity contribution in [2.24, 2.45) is 7.05 Å². The number of rotatable bonds is 4. The fourth-order valence-corrected chi connectivity index (χ4v) is 4.41. The number of benzene rings is 2. The number of fused-ring (bicyclic) bond motifs is 2. The first kappa shape index (κ1) is 22.9. The second kappa shape index (κ2) is 9.09. The fraction of sp³-hybridized carbons (Fsp3) is 0.167. The molecule has 0 saturated heterocycles. The van der Waals surface area contributed by atoms with Crippen molar-refractivity contribution in [3.05, 3.63) is 69.1 Å². The van der Waals surface area contributed by atoms with Crippen LogP contribution in [0, 0.1) is 0 Å². The number of amides is 1. The Labute approximate surface area is 209 Å². The highest BCUT2D eigenvalue weighted by Gasteiger charge is 2.27. The van der Waals surface area contributed by atoms with Gasteiger partial charge in [-0.2, -0.15) is 4.98 Å². The normalized spacial score (nSPS) is 14.6. The molecular weight excluding hydrogens is 493 g/mol. The van der Waals surface area contributed by atoms with Crippen molar-refractivity contribution < 1.29 is 14.3 Å². The lowest BCUT2D eigenvalue weighted by Crippen LogP contribution is -2.42. The summed E-state index contributed by atoms with van der Waals surface area (Å²) < 4.78 is 12.8. The molecule has 0 spiro atoms. The summed E-state index contributed by atoms with van der Waals surface area (Å²) in [6, 6.07) is 12.0. The number of carbonyl (C=O) groups is 1. The number of pyridine rings is 1. The molecule has 4 aromatic rings. The summed E-state index contributed by atoms with van der Waals surface area (Å²) in [5.41, 5.74) is 1.58. The summed E-state index contributed by atoms with van der Waals surface area (Å²) in [6.45, 7) is 0.128. The molecule has 2 aromatic heterocycles. The third kappa shape index (κ3) is 4.24. The molecule has 2 aromatic carbocycles. The van der Waals surface area contributed by atoms with Crippen LogP contribution in [0.2, 0.25) is 10.0 Å².